The molecule has 0 aliphatic carbocycles. The molecule has 1 heterocycles. The number of ether oxygens (including phenoxy) is 2. The van der Waals surface area contributed by atoms with Crippen molar-refractivity contribution in [2.45, 2.75) is 26.7 Å². The second kappa shape index (κ2) is 8.17. The second-order valence-electron chi connectivity index (χ2n) is 6.78. The monoisotopic (exact) mass is 380 g/mol. The van der Waals surface area contributed by atoms with Crippen LogP contribution in [0.25, 0.3) is 10.9 Å². The van der Waals surface area contributed by atoms with Crippen molar-refractivity contribution in [1.82, 2.24) is 4.98 Å². The number of rotatable bonds is 6. The average molecular weight is 380 g/mol. The molecule has 3 rings (SSSR count). The molecule has 0 saturated carbocycles. The van der Waals surface area contributed by atoms with Crippen molar-refractivity contribution in [3.05, 3.63) is 63.4 Å². The Kier molecular flexibility index (Phi) is 5.68. The lowest BCUT2D eigenvalue weighted by molar-refractivity contribution is -0.116. The first-order valence-electron chi connectivity index (χ1n) is 9.06. The zero-order valence-corrected chi connectivity index (χ0v) is 16.5. The van der Waals surface area contributed by atoms with E-state index in [2.05, 4.69) is 10.3 Å². The van der Waals surface area contributed by atoms with E-state index in [1.165, 1.54) is 0 Å². The third-order valence-electron chi connectivity index (χ3n) is 4.70. The molecule has 0 aliphatic heterocycles. The Labute approximate surface area is 163 Å². The number of anilines is 1. The van der Waals surface area contributed by atoms with E-state index < -0.39 is 0 Å². The summed E-state index contributed by atoms with van der Waals surface area (Å²) in [5, 5.41) is 3.73. The Morgan fingerprint density at radius 1 is 1.04 bits per heavy atom. The second-order valence-corrected chi connectivity index (χ2v) is 6.78. The number of nitrogens with one attached hydrogen (secondary N) is 2. The first-order valence-corrected chi connectivity index (χ1v) is 9.06. The Bertz CT molecular complexity index is 1090. The molecular weight excluding hydrogens is 356 g/mol. The Morgan fingerprint density at radius 2 is 1.75 bits per heavy atom. The summed E-state index contributed by atoms with van der Waals surface area (Å²) < 4.78 is 10.6. The minimum atomic E-state index is -0.209. The van der Waals surface area contributed by atoms with Crippen LogP contribution in [-0.2, 0) is 11.2 Å². The van der Waals surface area contributed by atoms with Crippen LogP contribution >= 0.6 is 0 Å². The maximum atomic E-state index is 12.4. The van der Waals surface area contributed by atoms with Gasteiger partial charge in [-0.05, 0) is 44.0 Å². The van der Waals surface area contributed by atoms with Gasteiger partial charge in [0.15, 0.2) is 11.5 Å². The molecule has 0 fully saturated rings. The van der Waals surface area contributed by atoms with Crippen LogP contribution in [0.1, 0.15) is 23.1 Å². The topological polar surface area (TPSA) is 80.4 Å². The van der Waals surface area contributed by atoms with Crippen molar-refractivity contribution >= 4 is 22.5 Å². The van der Waals surface area contributed by atoms with Crippen LogP contribution in [0.15, 0.2) is 41.2 Å². The lowest BCUT2D eigenvalue weighted by Crippen LogP contribution is -2.17. The van der Waals surface area contributed by atoms with Crippen molar-refractivity contribution in [3.8, 4) is 11.5 Å². The molecule has 0 atom stereocenters. The van der Waals surface area contributed by atoms with Gasteiger partial charge in [0.05, 0.1) is 19.7 Å². The fraction of sp³-hybridized carbons (Fsp3) is 0.273. The van der Waals surface area contributed by atoms with E-state index in [-0.39, 0.29) is 17.9 Å². The van der Waals surface area contributed by atoms with Gasteiger partial charge in [0.2, 0.25) is 5.91 Å². The minimum Gasteiger partial charge on any atom is -0.493 e. The van der Waals surface area contributed by atoms with Gasteiger partial charge in [0.1, 0.15) is 0 Å². The lowest BCUT2D eigenvalue weighted by Gasteiger charge is -2.11. The number of carbonyl (C=O) groups is 1. The summed E-state index contributed by atoms with van der Waals surface area (Å²) in [6.07, 6.45) is 0.561. The van der Waals surface area contributed by atoms with Gasteiger partial charge in [-0.15, -0.1) is 0 Å². The summed E-state index contributed by atoms with van der Waals surface area (Å²) >= 11 is 0. The van der Waals surface area contributed by atoms with Gasteiger partial charge in [0.25, 0.3) is 5.56 Å². The van der Waals surface area contributed by atoms with E-state index in [1.54, 1.807) is 26.4 Å². The normalized spacial score (nSPS) is 10.7. The summed E-state index contributed by atoms with van der Waals surface area (Å²) in [4.78, 5) is 27.6. The van der Waals surface area contributed by atoms with Gasteiger partial charge in [-0.3, -0.25) is 9.59 Å². The number of aromatic nitrogens is 1. The first kappa shape index (κ1) is 19.5. The van der Waals surface area contributed by atoms with Gasteiger partial charge in [0, 0.05) is 29.1 Å². The summed E-state index contributed by atoms with van der Waals surface area (Å²) in [5.74, 6) is 1.01. The number of hydrogen-bond acceptors (Lipinski definition) is 4. The van der Waals surface area contributed by atoms with Crippen LogP contribution in [-0.4, -0.2) is 25.1 Å². The number of carbonyl (C=O) groups excluding carboxylic acids is 1. The summed E-state index contributed by atoms with van der Waals surface area (Å²) in [6.45, 7) is 3.97. The highest BCUT2D eigenvalue weighted by Crippen LogP contribution is 2.31. The van der Waals surface area contributed by atoms with Crippen molar-refractivity contribution in [1.29, 1.82) is 0 Å². The van der Waals surface area contributed by atoms with E-state index >= 15 is 0 Å². The SMILES string of the molecule is COc1cc2cc(CCC(=O)Nc3ccc(C)cc3C)c(=O)[nH]c2cc1OC. The maximum Gasteiger partial charge on any atom is 0.251 e. The van der Waals surface area contributed by atoms with Gasteiger partial charge in [-0.2, -0.15) is 0 Å². The van der Waals surface area contributed by atoms with Crippen molar-refractivity contribution < 1.29 is 14.3 Å². The van der Waals surface area contributed by atoms with Crippen LogP contribution in [0, 0.1) is 13.8 Å². The van der Waals surface area contributed by atoms with Crippen LogP contribution in [0.3, 0.4) is 0 Å². The van der Waals surface area contributed by atoms with Crippen molar-refractivity contribution in [2.75, 3.05) is 19.5 Å². The van der Waals surface area contributed by atoms with Gasteiger partial charge < -0.3 is 19.8 Å². The number of amides is 1. The molecule has 3 aromatic rings. The highest BCUT2D eigenvalue weighted by atomic mass is 16.5. The summed E-state index contributed by atoms with van der Waals surface area (Å²) in [6, 6.07) is 11.2. The molecule has 2 N–H and O–H groups in total. The first-order chi connectivity index (χ1) is 13.4. The number of pyridine rings is 1. The molecule has 28 heavy (non-hydrogen) atoms. The average Bonchev–Trinajstić information content (AvgIpc) is 2.67. The lowest BCUT2D eigenvalue weighted by atomic mass is 10.1. The Hall–Kier alpha value is -3.28. The molecule has 0 bridgehead atoms. The van der Waals surface area contributed by atoms with Crippen LogP contribution in [0.4, 0.5) is 5.69 Å². The molecule has 2 aromatic carbocycles. The van der Waals surface area contributed by atoms with Crippen LogP contribution in [0.2, 0.25) is 0 Å². The van der Waals surface area contributed by atoms with Gasteiger partial charge in [-0.25, -0.2) is 0 Å². The number of aromatic amines is 1. The standard InChI is InChI=1S/C22H24N2O4/c1-13-5-7-17(14(2)9-13)23-21(25)8-6-15-10-16-11-19(27-3)20(28-4)12-18(16)24-22(15)26/h5,7,9-12H,6,8H2,1-4H3,(H,23,25)(H,24,26). The number of benzene rings is 2. The highest BCUT2D eigenvalue weighted by molar-refractivity contribution is 5.91. The van der Waals surface area contributed by atoms with Crippen LogP contribution in [0.5, 0.6) is 11.5 Å². The van der Waals surface area contributed by atoms with Gasteiger partial charge in [-0.1, -0.05) is 17.7 Å². The smallest absolute Gasteiger partial charge is 0.251 e. The fourth-order valence-corrected chi connectivity index (χ4v) is 3.18. The number of aryl methyl sites for hydroxylation is 3. The van der Waals surface area contributed by atoms with E-state index in [9.17, 15) is 9.59 Å². The molecule has 6 heteroatoms. The number of hydrogen-bond donors (Lipinski definition) is 2. The van der Waals surface area contributed by atoms with E-state index in [0.717, 1.165) is 22.2 Å². The van der Waals surface area contributed by atoms with Crippen molar-refractivity contribution in [2.24, 2.45) is 0 Å². The summed E-state index contributed by atoms with van der Waals surface area (Å²) in [5.41, 5.74) is 3.95. The predicted octanol–water partition coefficient (Wildman–Crippen LogP) is 3.73. The highest BCUT2D eigenvalue weighted by Gasteiger charge is 2.11. The Balaban J connectivity index is 1.77. The predicted molar refractivity (Wildman–Crippen MR) is 111 cm³/mol. The van der Waals surface area contributed by atoms with E-state index in [0.29, 0.717) is 29.0 Å². The molecule has 1 amide bonds. The third kappa shape index (κ3) is 4.17. The number of methoxy groups -OCH3 is 2. The molecule has 6 nitrogen and oxygen atoms in total. The van der Waals surface area contributed by atoms with Crippen molar-refractivity contribution in [3.63, 3.8) is 0 Å². The molecule has 0 unspecified atom stereocenters. The zero-order chi connectivity index (χ0) is 20.3. The fourth-order valence-electron chi connectivity index (χ4n) is 3.18. The molecular formula is C22H24N2O4. The third-order valence-corrected chi connectivity index (χ3v) is 4.70. The maximum absolute atomic E-state index is 12.4. The molecule has 0 aliphatic rings. The quantitative estimate of drug-likeness (QED) is 0.683. The zero-order valence-electron chi connectivity index (χ0n) is 16.5. The molecule has 146 valence electrons. The Morgan fingerprint density at radius 3 is 2.43 bits per heavy atom. The van der Waals surface area contributed by atoms with Crippen LogP contribution < -0.4 is 20.3 Å². The minimum absolute atomic E-state index is 0.126. The molecule has 0 spiro atoms. The van der Waals surface area contributed by atoms with E-state index in [1.807, 2.05) is 38.1 Å². The molecule has 1 aromatic heterocycles. The number of fused-ring (bicyclic) bond motifs is 1. The molecule has 0 radical (unpaired) electrons. The van der Waals surface area contributed by atoms with Gasteiger partial charge >= 0.3 is 0 Å². The van der Waals surface area contributed by atoms with E-state index in [4.69, 9.17) is 9.47 Å². The number of H-pyrrole nitrogens is 1. The summed E-state index contributed by atoms with van der Waals surface area (Å²) in [7, 11) is 3.11. The molecule has 0 saturated heterocycles. The largest absolute Gasteiger partial charge is 0.493 e.